The molecule has 0 radical (unpaired) electrons. The number of aromatic nitrogens is 1. The summed E-state index contributed by atoms with van der Waals surface area (Å²) in [6, 6.07) is 6.96. The predicted octanol–water partition coefficient (Wildman–Crippen LogP) is 3.03. The van der Waals surface area contributed by atoms with Gasteiger partial charge >= 0.3 is 0 Å². The van der Waals surface area contributed by atoms with Crippen molar-refractivity contribution in [2.24, 2.45) is 0 Å². The van der Waals surface area contributed by atoms with Crippen LogP contribution in [-0.4, -0.2) is 10.8 Å². The van der Waals surface area contributed by atoms with Crippen LogP contribution in [0.2, 0.25) is 0 Å². The number of carbonyl (C=O) groups excluding carboxylic acids is 1. The number of rotatable bonds is 3. The average molecular weight is 248 g/mol. The van der Waals surface area contributed by atoms with Gasteiger partial charge in [0.15, 0.2) is 5.78 Å². The second kappa shape index (κ2) is 4.55. The molecule has 0 amide bonds. The van der Waals surface area contributed by atoms with Crippen LogP contribution >= 0.6 is 11.3 Å². The maximum atomic E-state index is 11.4. The minimum atomic E-state index is -0.0407. The largest absolute Gasteiger partial charge is 0.437 e. The number of nitrogens with zero attached hydrogens (tertiary/aromatic N) is 1. The zero-order valence-corrected chi connectivity index (χ0v) is 10.4. The number of ether oxygens (including phenoxy) is 1. The molecule has 2 N–H and O–H groups in total. The van der Waals surface area contributed by atoms with Crippen LogP contribution in [-0.2, 0) is 0 Å². The Kier molecular flexibility index (Phi) is 3.10. The van der Waals surface area contributed by atoms with Gasteiger partial charge in [-0.25, -0.2) is 4.98 Å². The van der Waals surface area contributed by atoms with E-state index in [0.29, 0.717) is 22.2 Å². The van der Waals surface area contributed by atoms with E-state index in [0.717, 1.165) is 5.01 Å². The van der Waals surface area contributed by atoms with Crippen molar-refractivity contribution in [1.82, 2.24) is 4.98 Å². The Morgan fingerprint density at radius 2 is 2.00 bits per heavy atom. The molecule has 0 unspecified atom stereocenters. The summed E-state index contributed by atoms with van der Waals surface area (Å²) < 4.78 is 5.57. The average Bonchev–Trinajstić information content (AvgIpc) is 2.63. The van der Waals surface area contributed by atoms with Gasteiger partial charge in [-0.05, 0) is 31.2 Å². The highest BCUT2D eigenvalue weighted by Crippen LogP contribution is 2.29. The number of carbonyl (C=O) groups is 1. The van der Waals surface area contributed by atoms with Crippen LogP contribution in [0.4, 0.5) is 5.69 Å². The van der Waals surface area contributed by atoms with E-state index in [1.807, 2.05) is 6.92 Å². The SMILES string of the molecule is CC(=O)c1sc(C)nc1Oc1ccc(N)cc1. The lowest BCUT2D eigenvalue weighted by Crippen LogP contribution is -1.93. The molecule has 0 fully saturated rings. The van der Waals surface area contributed by atoms with Gasteiger partial charge in [-0.15, -0.1) is 11.3 Å². The van der Waals surface area contributed by atoms with Crippen molar-refractivity contribution in [3.8, 4) is 11.6 Å². The molecular weight excluding hydrogens is 236 g/mol. The van der Waals surface area contributed by atoms with Gasteiger partial charge in [-0.1, -0.05) is 0 Å². The third-order valence-electron chi connectivity index (χ3n) is 2.12. The fourth-order valence-electron chi connectivity index (χ4n) is 1.35. The minimum Gasteiger partial charge on any atom is -0.437 e. The van der Waals surface area contributed by atoms with Crippen molar-refractivity contribution >= 4 is 22.8 Å². The van der Waals surface area contributed by atoms with E-state index in [1.54, 1.807) is 24.3 Å². The highest BCUT2D eigenvalue weighted by atomic mass is 32.1. The molecule has 0 aliphatic carbocycles. The van der Waals surface area contributed by atoms with Crippen LogP contribution in [0.25, 0.3) is 0 Å². The number of thiazole rings is 1. The second-order valence-electron chi connectivity index (χ2n) is 3.59. The number of benzene rings is 1. The van der Waals surface area contributed by atoms with Gasteiger partial charge in [-0.3, -0.25) is 4.79 Å². The van der Waals surface area contributed by atoms with E-state index in [1.165, 1.54) is 18.3 Å². The van der Waals surface area contributed by atoms with Crippen LogP contribution in [0.15, 0.2) is 24.3 Å². The fraction of sp³-hybridized carbons (Fsp3) is 0.167. The first-order chi connectivity index (χ1) is 8.06. The monoisotopic (exact) mass is 248 g/mol. The van der Waals surface area contributed by atoms with E-state index >= 15 is 0 Å². The van der Waals surface area contributed by atoms with E-state index < -0.39 is 0 Å². The van der Waals surface area contributed by atoms with Crippen molar-refractivity contribution in [2.75, 3.05) is 5.73 Å². The summed E-state index contributed by atoms with van der Waals surface area (Å²) in [4.78, 5) is 16.1. The summed E-state index contributed by atoms with van der Waals surface area (Å²) >= 11 is 1.33. The molecule has 0 spiro atoms. The zero-order valence-electron chi connectivity index (χ0n) is 9.56. The maximum absolute atomic E-state index is 11.4. The van der Waals surface area contributed by atoms with Gasteiger partial charge in [0.05, 0.1) is 5.01 Å². The molecule has 4 nitrogen and oxygen atoms in total. The van der Waals surface area contributed by atoms with Gasteiger partial charge in [0.2, 0.25) is 5.88 Å². The van der Waals surface area contributed by atoms with Crippen LogP contribution in [0.1, 0.15) is 21.6 Å². The Morgan fingerprint density at radius 1 is 1.35 bits per heavy atom. The maximum Gasteiger partial charge on any atom is 0.241 e. The Hall–Kier alpha value is -1.88. The fourth-order valence-corrected chi connectivity index (χ4v) is 2.09. The molecule has 88 valence electrons. The van der Waals surface area contributed by atoms with Gasteiger partial charge in [0, 0.05) is 12.6 Å². The smallest absolute Gasteiger partial charge is 0.241 e. The summed E-state index contributed by atoms with van der Waals surface area (Å²) in [6.07, 6.45) is 0. The van der Waals surface area contributed by atoms with Crippen molar-refractivity contribution in [3.63, 3.8) is 0 Å². The van der Waals surface area contributed by atoms with Crippen LogP contribution in [0, 0.1) is 6.92 Å². The molecule has 17 heavy (non-hydrogen) atoms. The van der Waals surface area contributed by atoms with Gasteiger partial charge in [0.25, 0.3) is 0 Å². The van der Waals surface area contributed by atoms with Crippen molar-refractivity contribution in [2.45, 2.75) is 13.8 Å². The summed E-state index contributed by atoms with van der Waals surface area (Å²) in [5, 5.41) is 0.806. The third kappa shape index (κ3) is 2.62. The Morgan fingerprint density at radius 3 is 2.59 bits per heavy atom. The van der Waals surface area contributed by atoms with E-state index in [-0.39, 0.29) is 5.78 Å². The molecule has 1 aromatic carbocycles. The van der Waals surface area contributed by atoms with E-state index in [4.69, 9.17) is 10.5 Å². The molecule has 0 saturated heterocycles. The van der Waals surface area contributed by atoms with Crippen molar-refractivity contribution in [3.05, 3.63) is 34.2 Å². The summed E-state index contributed by atoms with van der Waals surface area (Å²) in [5.41, 5.74) is 6.24. The first kappa shape index (κ1) is 11.6. The number of nitrogen functional groups attached to an aromatic ring is 1. The lowest BCUT2D eigenvalue weighted by atomic mass is 10.3. The number of ketones is 1. The van der Waals surface area contributed by atoms with Crippen molar-refractivity contribution in [1.29, 1.82) is 0 Å². The third-order valence-corrected chi connectivity index (χ3v) is 3.17. The molecule has 2 rings (SSSR count). The quantitative estimate of drug-likeness (QED) is 0.669. The molecule has 0 aliphatic rings. The van der Waals surface area contributed by atoms with E-state index in [9.17, 15) is 4.79 Å². The molecule has 2 aromatic rings. The lowest BCUT2D eigenvalue weighted by molar-refractivity contribution is 0.101. The van der Waals surface area contributed by atoms with Gasteiger partial charge < -0.3 is 10.5 Å². The van der Waals surface area contributed by atoms with Crippen LogP contribution < -0.4 is 10.5 Å². The first-order valence-corrected chi connectivity index (χ1v) is 5.89. The molecule has 5 heteroatoms. The Labute approximate surface area is 103 Å². The number of aryl methyl sites for hydroxylation is 1. The highest BCUT2D eigenvalue weighted by molar-refractivity contribution is 7.13. The van der Waals surface area contributed by atoms with Crippen LogP contribution in [0.5, 0.6) is 11.6 Å². The van der Waals surface area contributed by atoms with Gasteiger partial charge in [0.1, 0.15) is 10.6 Å². The predicted molar refractivity (Wildman–Crippen MR) is 67.8 cm³/mol. The van der Waals surface area contributed by atoms with Crippen LogP contribution in [0.3, 0.4) is 0 Å². The van der Waals surface area contributed by atoms with Gasteiger partial charge in [-0.2, -0.15) is 0 Å². The zero-order chi connectivity index (χ0) is 12.4. The van der Waals surface area contributed by atoms with Crippen molar-refractivity contribution < 1.29 is 9.53 Å². The minimum absolute atomic E-state index is 0.0407. The molecule has 0 bridgehead atoms. The number of nitrogens with two attached hydrogens (primary N) is 1. The molecule has 0 saturated carbocycles. The number of anilines is 1. The van der Waals surface area contributed by atoms with E-state index in [2.05, 4.69) is 4.98 Å². The summed E-state index contributed by atoms with van der Waals surface area (Å²) in [5.74, 6) is 0.942. The summed E-state index contributed by atoms with van der Waals surface area (Å²) in [7, 11) is 0. The number of hydrogen-bond acceptors (Lipinski definition) is 5. The molecule has 0 atom stereocenters. The molecular formula is C12H12N2O2S. The molecule has 1 aromatic heterocycles. The number of hydrogen-bond donors (Lipinski definition) is 1. The Balaban J connectivity index is 2.29. The second-order valence-corrected chi connectivity index (χ2v) is 4.80. The lowest BCUT2D eigenvalue weighted by Gasteiger charge is -2.03. The highest BCUT2D eigenvalue weighted by Gasteiger charge is 2.15. The number of Topliss-reactive ketones (excluding diaryl/α,β-unsaturated/α-hetero) is 1. The Bertz CT molecular complexity index is 546. The standard InChI is InChI=1S/C12H12N2O2S/c1-7(15)11-12(14-8(2)17-11)16-10-5-3-9(13)4-6-10/h3-6H,13H2,1-2H3. The summed E-state index contributed by atoms with van der Waals surface area (Å²) in [6.45, 7) is 3.34. The topological polar surface area (TPSA) is 65.2 Å². The first-order valence-electron chi connectivity index (χ1n) is 5.08. The molecule has 1 heterocycles. The molecule has 0 aliphatic heterocycles. The normalized spacial score (nSPS) is 10.2.